The lowest BCUT2D eigenvalue weighted by Gasteiger charge is -2.09. The third-order valence-corrected chi connectivity index (χ3v) is 2.84. The third kappa shape index (κ3) is 2.97. The molecule has 0 aromatic carbocycles. The Morgan fingerprint density at radius 3 is 2.95 bits per heavy atom. The van der Waals surface area contributed by atoms with Crippen LogP contribution in [0.2, 0.25) is 0 Å². The maximum atomic E-state index is 11.9. The van der Waals surface area contributed by atoms with E-state index in [4.69, 9.17) is 5.11 Å². The molecule has 0 amide bonds. The highest BCUT2D eigenvalue weighted by molar-refractivity contribution is 5.72. The lowest BCUT2D eigenvalue weighted by molar-refractivity contribution is -0.139. The van der Waals surface area contributed by atoms with Crippen molar-refractivity contribution < 1.29 is 9.90 Å². The van der Waals surface area contributed by atoms with E-state index in [1.165, 1.54) is 10.5 Å². The van der Waals surface area contributed by atoms with Crippen LogP contribution in [-0.2, 0) is 11.3 Å². The van der Waals surface area contributed by atoms with Gasteiger partial charge in [0.05, 0.1) is 5.69 Å². The van der Waals surface area contributed by atoms with E-state index >= 15 is 0 Å². The molecule has 1 unspecified atom stereocenters. The average Bonchev–Trinajstić information content (AvgIpc) is 2.35. The zero-order chi connectivity index (χ0) is 14.0. The minimum Gasteiger partial charge on any atom is -0.480 e. The Morgan fingerprint density at radius 1 is 1.53 bits per heavy atom. The van der Waals surface area contributed by atoms with Gasteiger partial charge in [0.2, 0.25) is 0 Å². The minimum absolute atomic E-state index is 0.176. The second-order valence-corrected chi connectivity index (χ2v) is 4.46. The number of fused-ring (bicyclic) bond motifs is 1. The molecule has 6 nitrogen and oxygen atoms in total. The quantitative estimate of drug-likeness (QED) is 0.840. The molecule has 100 valence electrons. The van der Waals surface area contributed by atoms with Gasteiger partial charge >= 0.3 is 5.97 Å². The lowest BCUT2D eigenvalue weighted by atomic mass is 10.3. The standard InChI is InChI=1S/C13H15N3O3/c1-8-3-4-16-11(5-8)15-10(6-12(16)17)7-14-9(2)13(18)19/h3-6,9,14H,7H2,1-2H3,(H,18,19). The van der Waals surface area contributed by atoms with Crippen LogP contribution in [0.5, 0.6) is 0 Å². The number of rotatable bonds is 4. The molecule has 0 saturated carbocycles. The first-order valence-electron chi connectivity index (χ1n) is 5.92. The van der Waals surface area contributed by atoms with Crippen LogP contribution in [0.15, 0.2) is 29.2 Å². The third-order valence-electron chi connectivity index (χ3n) is 2.84. The number of aromatic nitrogens is 2. The van der Waals surface area contributed by atoms with Crippen LogP contribution in [0.1, 0.15) is 18.2 Å². The molecule has 2 aromatic heterocycles. The first-order chi connectivity index (χ1) is 8.97. The zero-order valence-electron chi connectivity index (χ0n) is 10.8. The number of carbonyl (C=O) groups is 1. The Kier molecular flexibility index (Phi) is 3.62. The Hall–Kier alpha value is -2.21. The second kappa shape index (κ2) is 5.19. The number of nitrogens with one attached hydrogen (secondary N) is 1. The predicted molar refractivity (Wildman–Crippen MR) is 70.1 cm³/mol. The summed E-state index contributed by atoms with van der Waals surface area (Å²) in [6, 6.07) is 4.37. The summed E-state index contributed by atoms with van der Waals surface area (Å²) in [6.45, 7) is 3.71. The Balaban J connectivity index is 2.30. The summed E-state index contributed by atoms with van der Waals surface area (Å²) in [7, 11) is 0. The normalized spacial score (nSPS) is 12.5. The van der Waals surface area contributed by atoms with Crippen LogP contribution >= 0.6 is 0 Å². The molecule has 0 saturated heterocycles. The van der Waals surface area contributed by atoms with Crippen LogP contribution in [0.25, 0.3) is 5.65 Å². The van der Waals surface area contributed by atoms with Crippen molar-refractivity contribution in [3.63, 3.8) is 0 Å². The van der Waals surface area contributed by atoms with Crippen LogP contribution in [0.3, 0.4) is 0 Å². The van der Waals surface area contributed by atoms with Crippen molar-refractivity contribution in [2.45, 2.75) is 26.4 Å². The van der Waals surface area contributed by atoms with Gasteiger partial charge in [-0.2, -0.15) is 0 Å². The maximum absolute atomic E-state index is 11.9. The molecule has 2 N–H and O–H groups in total. The molecule has 0 spiro atoms. The molecule has 0 aliphatic rings. The molecular formula is C13H15N3O3. The van der Waals surface area contributed by atoms with Gasteiger partial charge in [0, 0.05) is 18.8 Å². The van der Waals surface area contributed by atoms with Gasteiger partial charge in [0.25, 0.3) is 5.56 Å². The lowest BCUT2D eigenvalue weighted by Crippen LogP contribution is -2.33. The number of hydrogen-bond donors (Lipinski definition) is 2. The van der Waals surface area contributed by atoms with Crippen molar-refractivity contribution in [1.29, 1.82) is 0 Å². The molecule has 2 rings (SSSR count). The summed E-state index contributed by atoms with van der Waals surface area (Å²) in [5.74, 6) is -0.937. The van der Waals surface area contributed by atoms with Crippen molar-refractivity contribution in [3.05, 3.63) is 46.0 Å². The topological polar surface area (TPSA) is 83.7 Å². The van der Waals surface area contributed by atoms with Gasteiger partial charge in [0.1, 0.15) is 11.7 Å². The van der Waals surface area contributed by atoms with E-state index in [1.807, 2.05) is 19.1 Å². The smallest absolute Gasteiger partial charge is 0.320 e. The number of carboxylic acid groups (broad SMARTS) is 1. The van der Waals surface area contributed by atoms with E-state index in [0.717, 1.165) is 5.56 Å². The van der Waals surface area contributed by atoms with Crippen molar-refractivity contribution >= 4 is 11.6 Å². The van der Waals surface area contributed by atoms with E-state index in [9.17, 15) is 9.59 Å². The van der Waals surface area contributed by atoms with Gasteiger partial charge in [-0.25, -0.2) is 4.98 Å². The summed E-state index contributed by atoms with van der Waals surface area (Å²) in [5, 5.41) is 11.6. The van der Waals surface area contributed by atoms with Crippen LogP contribution in [0.4, 0.5) is 0 Å². The molecule has 2 aromatic rings. The van der Waals surface area contributed by atoms with E-state index in [2.05, 4.69) is 10.3 Å². The van der Waals surface area contributed by atoms with Crippen molar-refractivity contribution in [2.75, 3.05) is 0 Å². The van der Waals surface area contributed by atoms with Gasteiger partial charge in [0.15, 0.2) is 0 Å². The largest absolute Gasteiger partial charge is 0.480 e. The molecule has 6 heteroatoms. The Labute approximate surface area is 109 Å². The highest BCUT2D eigenvalue weighted by Crippen LogP contribution is 2.03. The van der Waals surface area contributed by atoms with E-state index in [0.29, 0.717) is 11.3 Å². The summed E-state index contributed by atoms with van der Waals surface area (Å²) in [6.07, 6.45) is 1.68. The molecule has 0 radical (unpaired) electrons. The van der Waals surface area contributed by atoms with Crippen molar-refractivity contribution in [1.82, 2.24) is 14.7 Å². The van der Waals surface area contributed by atoms with Crippen molar-refractivity contribution in [2.24, 2.45) is 0 Å². The van der Waals surface area contributed by atoms with Gasteiger partial charge in [-0.3, -0.25) is 19.3 Å². The number of pyridine rings is 1. The number of aryl methyl sites for hydroxylation is 1. The monoisotopic (exact) mass is 261 g/mol. The first kappa shape index (κ1) is 13.2. The fourth-order valence-electron chi connectivity index (χ4n) is 1.69. The average molecular weight is 261 g/mol. The van der Waals surface area contributed by atoms with Gasteiger partial charge in [-0.05, 0) is 31.5 Å². The molecule has 19 heavy (non-hydrogen) atoms. The predicted octanol–water partition coefficient (Wildman–Crippen LogP) is 0.566. The number of aliphatic carboxylic acids is 1. The summed E-state index contributed by atoms with van der Waals surface area (Å²) >= 11 is 0. The number of carboxylic acids is 1. The highest BCUT2D eigenvalue weighted by Gasteiger charge is 2.10. The number of nitrogens with zero attached hydrogens (tertiary/aromatic N) is 2. The highest BCUT2D eigenvalue weighted by atomic mass is 16.4. The summed E-state index contributed by atoms with van der Waals surface area (Å²) in [5.41, 5.74) is 1.93. The number of hydrogen-bond acceptors (Lipinski definition) is 4. The maximum Gasteiger partial charge on any atom is 0.320 e. The fraction of sp³-hybridized carbons (Fsp3) is 0.308. The molecule has 0 fully saturated rings. The van der Waals surface area contributed by atoms with E-state index < -0.39 is 12.0 Å². The molecule has 1 atom stereocenters. The summed E-state index contributed by atoms with van der Waals surface area (Å²) < 4.78 is 1.46. The van der Waals surface area contributed by atoms with E-state index in [-0.39, 0.29) is 12.1 Å². The minimum atomic E-state index is -0.937. The Bertz CT molecular complexity index is 678. The van der Waals surface area contributed by atoms with Crippen LogP contribution in [0, 0.1) is 6.92 Å². The van der Waals surface area contributed by atoms with Crippen LogP contribution in [-0.4, -0.2) is 26.5 Å². The molecule has 0 aliphatic carbocycles. The summed E-state index contributed by atoms with van der Waals surface area (Å²) in [4.78, 5) is 26.9. The van der Waals surface area contributed by atoms with Crippen molar-refractivity contribution in [3.8, 4) is 0 Å². The second-order valence-electron chi connectivity index (χ2n) is 4.46. The fourth-order valence-corrected chi connectivity index (χ4v) is 1.69. The van der Waals surface area contributed by atoms with E-state index in [1.54, 1.807) is 13.1 Å². The molecular weight excluding hydrogens is 246 g/mol. The molecule has 0 bridgehead atoms. The van der Waals surface area contributed by atoms with Crippen LogP contribution < -0.4 is 10.9 Å². The SMILES string of the molecule is Cc1ccn2c(=O)cc(CNC(C)C(=O)O)nc2c1. The first-order valence-corrected chi connectivity index (χ1v) is 5.92. The molecule has 2 heterocycles. The van der Waals surface area contributed by atoms with Gasteiger partial charge in [-0.15, -0.1) is 0 Å². The molecule has 0 aliphatic heterocycles. The Morgan fingerprint density at radius 2 is 2.26 bits per heavy atom. The zero-order valence-corrected chi connectivity index (χ0v) is 10.8. The van der Waals surface area contributed by atoms with Gasteiger partial charge < -0.3 is 5.11 Å². The van der Waals surface area contributed by atoms with Gasteiger partial charge in [-0.1, -0.05) is 0 Å².